The quantitative estimate of drug-likeness (QED) is 0.801. The van der Waals surface area contributed by atoms with Crippen molar-refractivity contribution in [3.05, 3.63) is 36.2 Å². The lowest BCUT2D eigenvalue weighted by atomic mass is 10.0. The molecule has 7 nitrogen and oxygen atoms in total. The fourth-order valence-electron chi connectivity index (χ4n) is 3.48. The zero-order chi connectivity index (χ0) is 18.8. The summed E-state index contributed by atoms with van der Waals surface area (Å²) < 4.78 is 1.90. The van der Waals surface area contributed by atoms with Gasteiger partial charge >= 0.3 is 0 Å². The molecule has 1 saturated carbocycles. The maximum atomic E-state index is 12.9. The Bertz CT molecular complexity index is 840. The molecule has 0 aromatic carbocycles. The van der Waals surface area contributed by atoms with E-state index in [9.17, 15) is 9.59 Å². The summed E-state index contributed by atoms with van der Waals surface area (Å²) in [6.07, 6.45) is 8.95. The van der Waals surface area contributed by atoms with Crippen LogP contribution < -0.4 is 5.32 Å². The number of nitrogens with zero attached hydrogens (tertiary/aromatic N) is 4. The number of rotatable bonds is 5. The number of anilines is 1. The Kier molecular flexibility index (Phi) is 5.15. The molecule has 2 aliphatic rings. The summed E-state index contributed by atoms with van der Waals surface area (Å²) in [7, 11) is 0. The number of hydrogen-bond donors (Lipinski definition) is 1. The number of thioether (sulfide) groups is 1. The summed E-state index contributed by atoms with van der Waals surface area (Å²) in [5.74, 6) is 1.05. The number of nitrogens with one attached hydrogen (secondary N) is 1. The van der Waals surface area contributed by atoms with Crippen LogP contribution in [0.25, 0.3) is 0 Å². The average molecular weight is 385 g/mol. The molecular weight excluding hydrogens is 362 g/mol. The Balaban J connectivity index is 1.40. The average Bonchev–Trinajstić information content (AvgIpc) is 3.47. The summed E-state index contributed by atoms with van der Waals surface area (Å²) in [4.78, 5) is 31.1. The standard InChI is InChI=1S/C19H23N5O2S/c1-27-18-15(3-2-9-20-18)19(26)23-11-7-14(8-12-23)24-16(6-10-21-24)22-17(25)13-4-5-13/h2-3,6,9-10,13-14H,4-5,7-8,11-12H2,1H3,(H,22,25). The molecule has 0 bridgehead atoms. The van der Waals surface area contributed by atoms with E-state index in [1.165, 1.54) is 11.8 Å². The molecule has 3 heterocycles. The first-order chi connectivity index (χ1) is 13.2. The van der Waals surface area contributed by atoms with E-state index in [1.807, 2.05) is 28.0 Å². The lowest BCUT2D eigenvalue weighted by Gasteiger charge is -2.33. The smallest absolute Gasteiger partial charge is 0.256 e. The summed E-state index contributed by atoms with van der Waals surface area (Å²) >= 11 is 1.49. The van der Waals surface area contributed by atoms with Crippen LogP contribution in [-0.2, 0) is 4.79 Å². The van der Waals surface area contributed by atoms with Crippen LogP contribution in [0.1, 0.15) is 42.1 Å². The lowest BCUT2D eigenvalue weighted by molar-refractivity contribution is -0.117. The number of amides is 2. The van der Waals surface area contributed by atoms with Gasteiger partial charge in [0.15, 0.2) is 0 Å². The molecule has 4 rings (SSSR count). The van der Waals surface area contributed by atoms with E-state index < -0.39 is 0 Å². The molecule has 142 valence electrons. The normalized spacial score (nSPS) is 17.7. The second-order valence-corrected chi connectivity index (χ2v) is 7.80. The van der Waals surface area contributed by atoms with Crippen molar-refractivity contribution in [2.45, 2.75) is 36.8 Å². The molecule has 2 aromatic heterocycles. The minimum Gasteiger partial charge on any atom is -0.338 e. The van der Waals surface area contributed by atoms with Crippen LogP contribution in [0.2, 0.25) is 0 Å². The Morgan fingerprint density at radius 3 is 2.63 bits per heavy atom. The fraction of sp³-hybridized carbons (Fsp3) is 0.474. The van der Waals surface area contributed by atoms with E-state index in [2.05, 4.69) is 15.4 Å². The number of aromatic nitrogens is 3. The molecule has 1 saturated heterocycles. The summed E-state index contributed by atoms with van der Waals surface area (Å²) in [5.41, 5.74) is 0.667. The molecule has 2 aromatic rings. The number of carbonyl (C=O) groups excluding carboxylic acids is 2. The van der Waals surface area contributed by atoms with E-state index in [-0.39, 0.29) is 23.8 Å². The first-order valence-corrected chi connectivity index (χ1v) is 10.5. The Hall–Kier alpha value is -2.35. The molecule has 2 fully saturated rings. The minimum atomic E-state index is 0.0358. The largest absolute Gasteiger partial charge is 0.338 e. The zero-order valence-electron chi connectivity index (χ0n) is 15.3. The van der Waals surface area contributed by atoms with Gasteiger partial charge < -0.3 is 10.2 Å². The molecule has 2 amide bonds. The van der Waals surface area contributed by atoms with E-state index in [4.69, 9.17) is 0 Å². The summed E-state index contributed by atoms with van der Waals surface area (Å²) in [6, 6.07) is 5.68. The van der Waals surface area contributed by atoms with Crippen LogP contribution in [0.15, 0.2) is 35.6 Å². The molecular formula is C19H23N5O2S. The molecule has 0 spiro atoms. The van der Waals surface area contributed by atoms with Crippen LogP contribution in [-0.4, -0.2) is 50.8 Å². The Morgan fingerprint density at radius 1 is 1.15 bits per heavy atom. The highest BCUT2D eigenvalue weighted by molar-refractivity contribution is 7.98. The first kappa shape index (κ1) is 18.0. The van der Waals surface area contributed by atoms with Crippen molar-refractivity contribution in [3.63, 3.8) is 0 Å². The van der Waals surface area contributed by atoms with Gasteiger partial charge in [0.25, 0.3) is 5.91 Å². The number of likely N-dealkylation sites (tertiary alicyclic amines) is 1. The van der Waals surface area contributed by atoms with Crippen molar-refractivity contribution >= 4 is 29.4 Å². The van der Waals surface area contributed by atoms with Crippen molar-refractivity contribution < 1.29 is 9.59 Å². The van der Waals surface area contributed by atoms with E-state index >= 15 is 0 Å². The number of hydrogen-bond acceptors (Lipinski definition) is 5. The van der Waals surface area contributed by atoms with Crippen molar-refractivity contribution in [2.75, 3.05) is 24.7 Å². The van der Waals surface area contributed by atoms with Gasteiger partial charge in [-0.3, -0.25) is 9.59 Å². The molecule has 27 heavy (non-hydrogen) atoms. The highest BCUT2D eigenvalue weighted by Gasteiger charge is 2.31. The molecule has 8 heteroatoms. The molecule has 1 aliphatic heterocycles. The number of carbonyl (C=O) groups is 2. The van der Waals surface area contributed by atoms with Crippen molar-refractivity contribution in [2.24, 2.45) is 5.92 Å². The minimum absolute atomic E-state index is 0.0358. The zero-order valence-corrected chi connectivity index (χ0v) is 16.1. The highest BCUT2D eigenvalue weighted by Crippen LogP contribution is 2.31. The maximum absolute atomic E-state index is 12.9. The van der Waals surface area contributed by atoms with Gasteiger partial charge in [0.1, 0.15) is 10.8 Å². The van der Waals surface area contributed by atoms with Gasteiger partial charge in [0.05, 0.1) is 17.8 Å². The third-order valence-corrected chi connectivity index (χ3v) is 5.87. The highest BCUT2D eigenvalue weighted by atomic mass is 32.2. The Labute approximate surface area is 162 Å². The topological polar surface area (TPSA) is 80.1 Å². The van der Waals surface area contributed by atoms with Crippen molar-refractivity contribution in [1.29, 1.82) is 0 Å². The van der Waals surface area contributed by atoms with Gasteiger partial charge in [-0.15, -0.1) is 11.8 Å². The van der Waals surface area contributed by atoms with Crippen LogP contribution in [0.3, 0.4) is 0 Å². The second kappa shape index (κ2) is 7.72. The van der Waals surface area contributed by atoms with Gasteiger partial charge in [0, 0.05) is 31.3 Å². The molecule has 0 radical (unpaired) electrons. The molecule has 0 atom stereocenters. The molecule has 1 N–H and O–H groups in total. The lowest BCUT2D eigenvalue weighted by Crippen LogP contribution is -2.39. The van der Waals surface area contributed by atoms with Gasteiger partial charge in [-0.2, -0.15) is 5.10 Å². The van der Waals surface area contributed by atoms with Crippen LogP contribution in [0.5, 0.6) is 0 Å². The van der Waals surface area contributed by atoms with Gasteiger partial charge in [0.2, 0.25) is 5.91 Å². The first-order valence-electron chi connectivity index (χ1n) is 9.30. The van der Waals surface area contributed by atoms with Crippen molar-refractivity contribution in [3.8, 4) is 0 Å². The maximum Gasteiger partial charge on any atom is 0.256 e. The van der Waals surface area contributed by atoms with Gasteiger partial charge in [-0.1, -0.05) is 0 Å². The van der Waals surface area contributed by atoms with E-state index in [0.717, 1.165) is 36.5 Å². The van der Waals surface area contributed by atoms with E-state index in [1.54, 1.807) is 18.5 Å². The van der Waals surface area contributed by atoms with Crippen molar-refractivity contribution in [1.82, 2.24) is 19.7 Å². The number of pyridine rings is 1. The molecule has 0 unspecified atom stereocenters. The van der Waals surface area contributed by atoms with Crippen LogP contribution in [0, 0.1) is 5.92 Å². The second-order valence-electron chi connectivity index (χ2n) is 7.01. The summed E-state index contributed by atoms with van der Waals surface area (Å²) in [5, 5.41) is 8.17. The number of piperidine rings is 1. The fourth-order valence-corrected chi connectivity index (χ4v) is 4.02. The van der Waals surface area contributed by atoms with Crippen LogP contribution in [0.4, 0.5) is 5.82 Å². The monoisotopic (exact) mass is 385 g/mol. The third-order valence-electron chi connectivity index (χ3n) is 5.16. The third kappa shape index (κ3) is 3.85. The van der Waals surface area contributed by atoms with Gasteiger partial charge in [-0.25, -0.2) is 9.67 Å². The SMILES string of the molecule is CSc1ncccc1C(=O)N1CCC(n2nccc2NC(=O)C2CC2)CC1. The van der Waals surface area contributed by atoms with Gasteiger partial charge in [-0.05, 0) is 44.1 Å². The summed E-state index contributed by atoms with van der Waals surface area (Å²) in [6.45, 7) is 1.34. The predicted molar refractivity (Wildman–Crippen MR) is 104 cm³/mol. The predicted octanol–water partition coefficient (Wildman–Crippen LogP) is 2.83. The Morgan fingerprint density at radius 2 is 1.93 bits per heavy atom. The van der Waals surface area contributed by atoms with E-state index in [0.29, 0.717) is 18.7 Å². The molecule has 1 aliphatic carbocycles. The van der Waals surface area contributed by atoms with Crippen LogP contribution >= 0.6 is 11.8 Å².